The van der Waals surface area contributed by atoms with E-state index in [1.165, 1.54) is 18.4 Å². The summed E-state index contributed by atoms with van der Waals surface area (Å²) in [4.78, 5) is 12.6. The quantitative estimate of drug-likeness (QED) is 0.866. The standard InChI is InChI=1S/C19H28N2O.ClH/c20-13-16-9-4-10-17(16)19(22)21-18-11-5-8-15(18)12-14-6-2-1-3-7-14;/h1-3,6-7,15-18H,4-5,8-13,20H2,(H,21,22);1H/t15?,16-,17-,18?;/m1./s1. The largest absolute Gasteiger partial charge is 0.353 e. The van der Waals surface area contributed by atoms with Crippen molar-refractivity contribution in [2.75, 3.05) is 6.54 Å². The van der Waals surface area contributed by atoms with Crippen LogP contribution in [0.4, 0.5) is 0 Å². The third-order valence-electron chi connectivity index (χ3n) is 5.63. The molecule has 0 radical (unpaired) electrons. The number of carbonyl (C=O) groups excluding carboxylic acids is 1. The lowest BCUT2D eigenvalue weighted by Gasteiger charge is -2.25. The molecule has 0 bridgehead atoms. The van der Waals surface area contributed by atoms with Crippen molar-refractivity contribution < 1.29 is 4.79 Å². The summed E-state index contributed by atoms with van der Waals surface area (Å²) in [6, 6.07) is 11.0. The second-order valence-corrected chi connectivity index (χ2v) is 7.03. The highest BCUT2D eigenvalue weighted by molar-refractivity contribution is 5.85. The number of benzene rings is 1. The van der Waals surface area contributed by atoms with E-state index < -0.39 is 0 Å². The average molecular weight is 337 g/mol. The molecule has 0 aromatic heterocycles. The molecule has 0 heterocycles. The highest BCUT2D eigenvalue weighted by atomic mass is 35.5. The average Bonchev–Trinajstić information content (AvgIpc) is 3.18. The van der Waals surface area contributed by atoms with Crippen molar-refractivity contribution in [1.29, 1.82) is 0 Å². The van der Waals surface area contributed by atoms with E-state index in [2.05, 4.69) is 35.6 Å². The van der Waals surface area contributed by atoms with Crippen LogP contribution < -0.4 is 11.1 Å². The van der Waals surface area contributed by atoms with Gasteiger partial charge in [-0.2, -0.15) is 0 Å². The number of amides is 1. The molecule has 2 unspecified atom stereocenters. The van der Waals surface area contributed by atoms with Crippen molar-refractivity contribution in [2.24, 2.45) is 23.5 Å². The molecule has 3 N–H and O–H groups in total. The van der Waals surface area contributed by atoms with Crippen LogP contribution in [-0.4, -0.2) is 18.5 Å². The van der Waals surface area contributed by atoms with Gasteiger partial charge in [0, 0.05) is 12.0 Å². The Balaban J connectivity index is 0.00000192. The summed E-state index contributed by atoms with van der Waals surface area (Å²) in [5, 5.41) is 3.36. The Morgan fingerprint density at radius 1 is 1.04 bits per heavy atom. The van der Waals surface area contributed by atoms with Gasteiger partial charge >= 0.3 is 0 Å². The Hall–Kier alpha value is -1.06. The van der Waals surface area contributed by atoms with Gasteiger partial charge in [0.15, 0.2) is 0 Å². The van der Waals surface area contributed by atoms with Crippen LogP contribution in [0.25, 0.3) is 0 Å². The Morgan fingerprint density at radius 2 is 1.74 bits per heavy atom. The molecule has 3 nitrogen and oxygen atoms in total. The molecule has 128 valence electrons. The monoisotopic (exact) mass is 336 g/mol. The maximum Gasteiger partial charge on any atom is 0.223 e. The van der Waals surface area contributed by atoms with Crippen LogP contribution in [0.1, 0.15) is 44.1 Å². The Kier molecular flexibility index (Phi) is 6.91. The molecule has 0 saturated heterocycles. The van der Waals surface area contributed by atoms with E-state index in [0.717, 1.165) is 32.1 Å². The third kappa shape index (κ3) is 4.48. The van der Waals surface area contributed by atoms with E-state index in [1.54, 1.807) is 0 Å². The summed E-state index contributed by atoms with van der Waals surface area (Å²) in [6.45, 7) is 0.649. The van der Waals surface area contributed by atoms with Crippen LogP contribution in [-0.2, 0) is 11.2 Å². The fourth-order valence-electron chi connectivity index (χ4n) is 4.34. The summed E-state index contributed by atoms with van der Waals surface area (Å²) in [7, 11) is 0. The van der Waals surface area contributed by atoms with Gasteiger partial charge in [0.1, 0.15) is 0 Å². The van der Waals surface area contributed by atoms with E-state index in [4.69, 9.17) is 5.73 Å². The molecule has 23 heavy (non-hydrogen) atoms. The van der Waals surface area contributed by atoms with Crippen molar-refractivity contribution in [3.8, 4) is 0 Å². The first kappa shape index (κ1) is 18.3. The van der Waals surface area contributed by atoms with E-state index in [-0.39, 0.29) is 24.2 Å². The molecule has 1 amide bonds. The lowest BCUT2D eigenvalue weighted by Crippen LogP contribution is -2.43. The predicted octanol–water partition coefficient (Wildman–Crippen LogP) is 3.31. The minimum atomic E-state index is 0. The van der Waals surface area contributed by atoms with Gasteiger partial charge in [-0.25, -0.2) is 0 Å². The fraction of sp³-hybridized carbons (Fsp3) is 0.632. The molecule has 0 spiro atoms. The molecule has 4 atom stereocenters. The van der Waals surface area contributed by atoms with Gasteiger partial charge in [-0.05, 0) is 56.0 Å². The van der Waals surface area contributed by atoms with Crippen molar-refractivity contribution in [1.82, 2.24) is 5.32 Å². The number of carbonyl (C=O) groups is 1. The number of hydrogen-bond acceptors (Lipinski definition) is 2. The first-order valence-corrected chi connectivity index (χ1v) is 8.82. The summed E-state index contributed by atoms with van der Waals surface area (Å²) in [6.07, 6.45) is 7.95. The normalized spacial score (nSPS) is 30.0. The van der Waals surface area contributed by atoms with E-state index >= 15 is 0 Å². The second-order valence-electron chi connectivity index (χ2n) is 7.03. The minimum absolute atomic E-state index is 0. The van der Waals surface area contributed by atoms with Crippen molar-refractivity contribution >= 4 is 18.3 Å². The summed E-state index contributed by atoms with van der Waals surface area (Å²) >= 11 is 0. The summed E-state index contributed by atoms with van der Waals surface area (Å²) in [5.74, 6) is 1.40. The first-order chi connectivity index (χ1) is 10.8. The molecule has 2 saturated carbocycles. The molecule has 1 aromatic rings. The summed E-state index contributed by atoms with van der Waals surface area (Å²) < 4.78 is 0. The Bertz CT molecular complexity index is 493. The van der Waals surface area contributed by atoms with Gasteiger partial charge in [0.2, 0.25) is 5.91 Å². The van der Waals surface area contributed by atoms with Crippen LogP contribution >= 0.6 is 12.4 Å². The van der Waals surface area contributed by atoms with Crippen molar-refractivity contribution in [2.45, 2.75) is 51.0 Å². The number of hydrogen-bond donors (Lipinski definition) is 2. The molecule has 2 aliphatic rings. The number of nitrogens with two attached hydrogens (primary N) is 1. The highest BCUT2D eigenvalue weighted by Gasteiger charge is 2.35. The number of nitrogens with one attached hydrogen (secondary N) is 1. The molecular weight excluding hydrogens is 308 g/mol. The minimum Gasteiger partial charge on any atom is -0.353 e. The highest BCUT2D eigenvalue weighted by Crippen LogP contribution is 2.33. The SMILES string of the molecule is Cl.NC[C@H]1CCC[C@H]1C(=O)NC1CCCC1Cc1ccccc1. The van der Waals surface area contributed by atoms with Gasteiger partial charge in [-0.1, -0.05) is 43.2 Å². The van der Waals surface area contributed by atoms with E-state index in [0.29, 0.717) is 24.4 Å². The third-order valence-corrected chi connectivity index (χ3v) is 5.63. The zero-order valence-corrected chi connectivity index (χ0v) is 14.6. The van der Waals surface area contributed by atoms with Crippen molar-refractivity contribution in [3.63, 3.8) is 0 Å². The van der Waals surface area contributed by atoms with Gasteiger partial charge in [-0.15, -0.1) is 12.4 Å². The Morgan fingerprint density at radius 3 is 2.48 bits per heavy atom. The zero-order chi connectivity index (χ0) is 15.4. The number of rotatable bonds is 5. The molecule has 3 rings (SSSR count). The van der Waals surface area contributed by atoms with Gasteiger partial charge < -0.3 is 11.1 Å². The molecular formula is C19H29ClN2O. The lowest BCUT2D eigenvalue weighted by atomic mass is 9.92. The smallest absolute Gasteiger partial charge is 0.223 e. The van der Waals surface area contributed by atoms with Crippen molar-refractivity contribution in [3.05, 3.63) is 35.9 Å². The van der Waals surface area contributed by atoms with E-state index in [9.17, 15) is 4.79 Å². The number of halogens is 1. The van der Waals surface area contributed by atoms with Crippen LogP contribution in [0, 0.1) is 17.8 Å². The van der Waals surface area contributed by atoms with Crippen LogP contribution in [0.3, 0.4) is 0 Å². The van der Waals surface area contributed by atoms with Crippen LogP contribution in [0.15, 0.2) is 30.3 Å². The zero-order valence-electron chi connectivity index (χ0n) is 13.7. The predicted molar refractivity (Wildman–Crippen MR) is 96.6 cm³/mol. The van der Waals surface area contributed by atoms with Gasteiger partial charge in [0.05, 0.1) is 0 Å². The molecule has 4 heteroatoms. The first-order valence-electron chi connectivity index (χ1n) is 8.82. The van der Waals surface area contributed by atoms with Crippen LogP contribution in [0.5, 0.6) is 0 Å². The molecule has 0 aliphatic heterocycles. The maximum atomic E-state index is 12.6. The summed E-state index contributed by atoms with van der Waals surface area (Å²) in [5.41, 5.74) is 7.20. The lowest BCUT2D eigenvalue weighted by molar-refractivity contribution is -0.126. The molecule has 2 aliphatic carbocycles. The topological polar surface area (TPSA) is 55.1 Å². The van der Waals surface area contributed by atoms with E-state index in [1.807, 2.05) is 0 Å². The molecule has 1 aromatic carbocycles. The Labute approximate surface area is 145 Å². The maximum absolute atomic E-state index is 12.6. The fourth-order valence-corrected chi connectivity index (χ4v) is 4.34. The van der Waals surface area contributed by atoms with Crippen LogP contribution in [0.2, 0.25) is 0 Å². The van der Waals surface area contributed by atoms with Gasteiger partial charge in [-0.3, -0.25) is 4.79 Å². The van der Waals surface area contributed by atoms with Gasteiger partial charge in [0.25, 0.3) is 0 Å². The second kappa shape index (κ2) is 8.70. The molecule has 2 fully saturated rings.